The minimum atomic E-state index is -0.457. The first-order chi connectivity index (χ1) is 8.85. The maximum atomic E-state index is 13.9. The highest BCUT2D eigenvalue weighted by Gasteiger charge is 2.23. The topological polar surface area (TPSA) is 38.9 Å². The Morgan fingerprint density at radius 3 is 2.58 bits per heavy atom. The van der Waals surface area contributed by atoms with Gasteiger partial charge < -0.3 is 5.73 Å². The summed E-state index contributed by atoms with van der Waals surface area (Å²) in [5.41, 5.74) is 6.37. The zero-order valence-corrected chi connectivity index (χ0v) is 11.9. The fourth-order valence-electron chi connectivity index (χ4n) is 1.64. The number of aryl methyl sites for hydroxylation is 1. The predicted molar refractivity (Wildman–Crippen MR) is 74.3 cm³/mol. The van der Waals surface area contributed by atoms with Crippen molar-refractivity contribution in [1.29, 1.82) is 0 Å². The number of nitrogens with two attached hydrogens (primary N) is 1. The maximum absolute atomic E-state index is 13.9. The van der Waals surface area contributed by atoms with Crippen molar-refractivity contribution in [3.05, 3.63) is 39.7 Å². The van der Waals surface area contributed by atoms with E-state index in [2.05, 4.69) is 4.98 Å². The molecule has 2 aromatic rings. The van der Waals surface area contributed by atoms with Crippen LogP contribution in [0.4, 0.5) is 8.78 Å². The van der Waals surface area contributed by atoms with Gasteiger partial charge in [0.25, 0.3) is 0 Å². The summed E-state index contributed by atoms with van der Waals surface area (Å²) in [6, 6.07) is 2.39. The van der Waals surface area contributed by atoms with E-state index in [9.17, 15) is 8.78 Å². The Bertz CT molecular complexity index is 605. The van der Waals surface area contributed by atoms with E-state index in [4.69, 9.17) is 5.73 Å². The molecule has 0 radical (unpaired) electrons. The van der Waals surface area contributed by atoms with E-state index in [-0.39, 0.29) is 11.0 Å². The van der Waals surface area contributed by atoms with E-state index >= 15 is 0 Å². The number of halogens is 2. The average Bonchev–Trinajstić information content (AvgIpc) is 2.84. The Morgan fingerprint density at radius 1 is 1.26 bits per heavy atom. The summed E-state index contributed by atoms with van der Waals surface area (Å²) in [5, 5.41) is 2.56. The summed E-state index contributed by atoms with van der Waals surface area (Å²) in [6.07, 6.45) is 0. The molecule has 0 atom stereocenters. The van der Waals surface area contributed by atoms with Crippen molar-refractivity contribution in [3.8, 4) is 11.3 Å². The van der Waals surface area contributed by atoms with Crippen LogP contribution in [0.2, 0.25) is 0 Å². The molecule has 0 bridgehead atoms. The van der Waals surface area contributed by atoms with Gasteiger partial charge in [0.1, 0.15) is 16.6 Å². The quantitative estimate of drug-likeness (QED) is 0.933. The largest absolute Gasteiger partial charge is 0.330 e. The highest BCUT2D eigenvalue weighted by Crippen LogP contribution is 2.31. The first-order valence-electron chi connectivity index (χ1n) is 5.97. The third kappa shape index (κ3) is 2.67. The number of rotatable bonds is 3. The van der Waals surface area contributed by atoms with Gasteiger partial charge in [0, 0.05) is 22.9 Å². The minimum Gasteiger partial charge on any atom is -0.330 e. The Balaban J connectivity index is 2.47. The van der Waals surface area contributed by atoms with Gasteiger partial charge in [0.05, 0.1) is 5.69 Å². The smallest absolute Gasteiger partial charge is 0.133 e. The predicted octanol–water partition coefficient (Wildman–Crippen LogP) is 3.63. The fourth-order valence-corrected chi connectivity index (χ4v) is 2.59. The number of hydrogen-bond acceptors (Lipinski definition) is 3. The number of nitrogens with zero attached hydrogens (tertiary/aromatic N) is 1. The molecule has 1 aromatic carbocycles. The number of benzene rings is 1. The number of aromatic nitrogens is 1. The molecular formula is C14H16F2N2S. The molecule has 0 unspecified atom stereocenters. The molecule has 1 aromatic heterocycles. The summed E-state index contributed by atoms with van der Waals surface area (Å²) in [4.78, 5) is 4.39. The Kier molecular flexibility index (Phi) is 3.69. The van der Waals surface area contributed by atoms with Crippen molar-refractivity contribution in [2.75, 3.05) is 6.54 Å². The number of hydrogen-bond donors (Lipinski definition) is 1. The summed E-state index contributed by atoms with van der Waals surface area (Å²) in [5.74, 6) is -0.884. The SMILES string of the molecule is Cc1cc(F)c(-c2csc(C(C)(C)CN)n2)cc1F. The lowest BCUT2D eigenvalue weighted by molar-refractivity contribution is 0.535. The summed E-state index contributed by atoms with van der Waals surface area (Å²) in [7, 11) is 0. The van der Waals surface area contributed by atoms with E-state index in [1.807, 2.05) is 13.8 Å². The Morgan fingerprint density at radius 2 is 1.95 bits per heavy atom. The van der Waals surface area contributed by atoms with Crippen LogP contribution in [0.5, 0.6) is 0 Å². The van der Waals surface area contributed by atoms with Crippen molar-refractivity contribution in [1.82, 2.24) is 4.98 Å². The fraction of sp³-hybridized carbons (Fsp3) is 0.357. The highest BCUT2D eigenvalue weighted by molar-refractivity contribution is 7.10. The third-order valence-corrected chi connectivity index (χ3v) is 4.33. The van der Waals surface area contributed by atoms with Crippen LogP contribution in [0.25, 0.3) is 11.3 Å². The van der Waals surface area contributed by atoms with Gasteiger partial charge in [0.15, 0.2) is 0 Å². The van der Waals surface area contributed by atoms with E-state index in [0.717, 1.165) is 5.01 Å². The van der Waals surface area contributed by atoms with Gasteiger partial charge >= 0.3 is 0 Å². The first-order valence-corrected chi connectivity index (χ1v) is 6.85. The average molecular weight is 282 g/mol. The highest BCUT2D eigenvalue weighted by atomic mass is 32.1. The molecule has 0 fully saturated rings. The summed E-state index contributed by atoms with van der Waals surface area (Å²) >= 11 is 1.41. The van der Waals surface area contributed by atoms with E-state index in [0.29, 0.717) is 17.8 Å². The van der Waals surface area contributed by atoms with Crippen LogP contribution in [-0.4, -0.2) is 11.5 Å². The molecule has 2 nitrogen and oxygen atoms in total. The van der Waals surface area contributed by atoms with Gasteiger partial charge in [-0.2, -0.15) is 0 Å². The van der Waals surface area contributed by atoms with E-state index < -0.39 is 11.6 Å². The summed E-state index contributed by atoms with van der Waals surface area (Å²) < 4.78 is 27.4. The van der Waals surface area contributed by atoms with Gasteiger partial charge in [-0.1, -0.05) is 13.8 Å². The molecule has 1 heterocycles. The van der Waals surface area contributed by atoms with E-state index in [1.165, 1.54) is 30.4 Å². The maximum Gasteiger partial charge on any atom is 0.133 e. The van der Waals surface area contributed by atoms with Crippen molar-refractivity contribution in [2.45, 2.75) is 26.2 Å². The third-order valence-electron chi connectivity index (χ3n) is 3.12. The zero-order chi connectivity index (χ0) is 14.2. The molecule has 0 aliphatic rings. The van der Waals surface area contributed by atoms with Crippen molar-refractivity contribution >= 4 is 11.3 Å². The van der Waals surface area contributed by atoms with Gasteiger partial charge in [-0.15, -0.1) is 11.3 Å². The van der Waals surface area contributed by atoms with Crippen molar-refractivity contribution in [3.63, 3.8) is 0 Å². The molecule has 5 heteroatoms. The summed E-state index contributed by atoms with van der Waals surface area (Å²) in [6.45, 7) is 5.93. The number of thiazole rings is 1. The molecule has 0 aliphatic heterocycles. The first kappa shape index (κ1) is 14.1. The van der Waals surface area contributed by atoms with E-state index in [1.54, 1.807) is 5.38 Å². The lowest BCUT2D eigenvalue weighted by Gasteiger charge is -2.18. The molecule has 0 saturated heterocycles. The molecule has 19 heavy (non-hydrogen) atoms. The molecule has 0 amide bonds. The molecule has 0 aliphatic carbocycles. The lowest BCUT2D eigenvalue weighted by Crippen LogP contribution is -2.27. The second kappa shape index (κ2) is 4.98. The standard InChI is InChI=1S/C14H16F2N2S/c1-8-4-11(16)9(5-10(8)15)12-6-19-13(18-12)14(2,3)7-17/h4-6H,7,17H2,1-3H3. The van der Waals surface area contributed by atoms with Crippen LogP contribution >= 0.6 is 11.3 Å². The molecule has 0 spiro atoms. The van der Waals surface area contributed by atoms with Gasteiger partial charge in [-0.25, -0.2) is 13.8 Å². The molecular weight excluding hydrogens is 266 g/mol. The van der Waals surface area contributed by atoms with Crippen LogP contribution in [0.3, 0.4) is 0 Å². The Labute approximate surface area is 115 Å². The molecule has 2 N–H and O–H groups in total. The molecule has 2 rings (SSSR count). The van der Waals surface area contributed by atoms with Crippen LogP contribution in [-0.2, 0) is 5.41 Å². The monoisotopic (exact) mass is 282 g/mol. The molecule has 0 saturated carbocycles. The van der Waals surface area contributed by atoms with Crippen LogP contribution in [0.1, 0.15) is 24.4 Å². The van der Waals surface area contributed by atoms with Gasteiger partial charge in [-0.05, 0) is 24.6 Å². The van der Waals surface area contributed by atoms with Gasteiger partial charge in [-0.3, -0.25) is 0 Å². The second-order valence-corrected chi connectivity index (χ2v) is 6.07. The van der Waals surface area contributed by atoms with Gasteiger partial charge in [0.2, 0.25) is 0 Å². The minimum absolute atomic E-state index is 0.193. The Hall–Kier alpha value is -1.33. The lowest BCUT2D eigenvalue weighted by atomic mass is 9.95. The van der Waals surface area contributed by atoms with Crippen LogP contribution in [0.15, 0.2) is 17.5 Å². The van der Waals surface area contributed by atoms with Crippen LogP contribution in [0, 0.1) is 18.6 Å². The normalized spacial score (nSPS) is 11.9. The van der Waals surface area contributed by atoms with Crippen molar-refractivity contribution in [2.24, 2.45) is 5.73 Å². The second-order valence-electron chi connectivity index (χ2n) is 5.21. The molecule has 102 valence electrons. The van der Waals surface area contributed by atoms with Crippen LogP contribution < -0.4 is 5.73 Å². The zero-order valence-electron chi connectivity index (χ0n) is 11.1. The van der Waals surface area contributed by atoms with Crippen molar-refractivity contribution < 1.29 is 8.78 Å².